The van der Waals surface area contributed by atoms with Gasteiger partial charge in [-0.2, -0.15) is 0 Å². The fourth-order valence-corrected chi connectivity index (χ4v) is 4.74. The summed E-state index contributed by atoms with van der Waals surface area (Å²) in [7, 11) is -2.27. The summed E-state index contributed by atoms with van der Waals surface area (Å²) < 4.78 is 33.5. The molecular weight excluding hydrogens is 418 g/mol. The number of hydrogen-bond donors (Lipinski definition) is 3. The van der Waals surface area contributed by atoms with Crippen LogP contribution in [0.1, 0.15) is 21.5 Å². The summed E-state index contributed by atoms with van der Waals surface area (Å²) >= 11 is 0. The number of nitrogens with one attached hydrogen (secondary N) is 3. The van der Waals surface area contributed by atoms with Crippen molar-refractivity contribution in [2.75, 3.05) is 56.1 Å². The lowest BCUT2D eigenvalue weighted by Gasteiger charge is -2.30. The van der Waals surface area contributed by atoms with E-state index in [2.05, 4.69) is 20.3 Å². The molecule has 0 atom stereocenters. The summed E-state index contributed by atoms with van der Waals surface area (Å²) in [4.78, 5) is 19.5. The summed E-state index contributed by atoms with van der Waals surface area (Å²) in [6.45, 7) is 7.29. The SMILES string of the molecule is COCCNC(=O)c1cc(NS(=O)(=O)c2cc(C)ccc2C)cnc1N1CCNCC1. The zero-order chi connectivity index (χ0) is 22.4. The highest BCUT2D eigenvalue weighted by Crippen LogP contribution is 2.25. The van der Waals surface area contributed by atoms with Crippen LogP contribution in [0, 0.1) is 13.8 Å². The summed E-state index contributed by atoms with van der Waals surface area (Å²) in [5, 5.41) is 6.06. The summed E-state index contributed by atoms with van der Waals surface area (Å²) in [6, 6.07) is 6.79. The first kappa shape index (κ1) is 23.0. The van der Waals surface area contributed by atoms with Crippen LogP contribution in [0.25, 0.3) is 0 Å². The second-order valence-electron chi connectivity index (χ2n) is 7.46. The lowest BCUT2D eigenvalue weighted by atomic mass is 10.2. The number of piperazine rings is 1. The zero-order valence-corrected chi connectivity index (χ0v) is 18.9. The zero-order valence-electron chi connectivity index (χ0n) is 18.1. The average molecular weight is 448 g/mol. The van der Waals surface area contributed by atoms with Gasteiger partial charge in [0, 0.05) is 39.8 Å². The monoisotopic (exact) mass is 447 g/mol. The van der Waals surface area contributed by atoms with Gasteiger partial charge in [-0.1, -0.05) is 12.1 Å². The van der Waals surface area contributed by atoms with E-state index in [-0.39, 0.29) is 16.5 Å². The standard InChI is InChI=1S/C21H29N5O4S/c1-15-4-5-16(2)19(12-15)31(28,29)25-17-13-18(21(27)23-8-11-30-3)20(24-14-17)26-9-6-22-7-10-26/h4-5,12-14,22,25H,6-11H2,1-3H3,(H,23,27). The molecule has 10 heteroatoms. The molecule has 9 nitrogen and oxygen atoms in total. The molecule has 0 radical (unpaired) electrons. The summed E-state index contributed by atoms with van der Waals surface area (Å²) in [5.74, 6) is 0.206. The number of anilines is 2. The molecule has 0 bridgehead atoms. The van der Waals surface area contributed by atoms with Gasteiger partial charge >= 0.3 is 0 Å². The van der Waals surface area contributed by atoms with Gasteiger partial charge in [0.25, 0.3) is 15.9 Å². The average Bonchev–Trinajstić information content (AvgIpc) is 2.75. The highest BCUT2D eigenvalue weighted by Gasteiger charge is 2.23. The maximum Gasteiger partial charge on any atom is 0.262 e. The fraction of sp³-hybridized carbons (Fsp3) is 0.429. The highest BCUT2D eigenvalue weighted by molar-refractivity contribution is 7.92. The van der Waals surface area contributed by atoms with Crippen LogP contribution in [0.15, 0.2) is 35.4 Å². The maximum absolute atomic E-state index is 13.0. The van der Waals surface area contributed by atoms with Gasteiger partial charge in [0.2, 0.25) is 0 Å². The van der Waals surface area contributed by atoms with Crippen LogP contribution in [-0.2, 0) is 14.8 Å². The smallest absolute Gasteiger partial charge is 0.262 e. The van der Waals surface area contributed by atoms with Crippen molar-refractivity contribution in [1.82, 2.24) is 15.6 Å². The number of rotatable bonds is 8. The number of hydrogen-bond acceptors (Lipinski definition) is 7. The van der Waals surface area contributed by atoms with Crippen molar-refractivity contribution >= 4 is 27.4 Å². The molecule has 1 aromatic heterocycles. The molecule has 3 N–H and O–H groups in total. The Morgan fingerprint density at radius 2 is 1.97 bits per heavy atom. The van der Waals surface area contributed by atoms with Crippen molar-refractivity contribution in [3.05, 3.63) is 47.2 Å². The van der Waals surface area contributed by atoms with Crippen molar-refractivity contribution in [2.24, 2.45) is 0 Å². The van der Waals surface area contributed by atoms with Gasteiger partial charge < -0.3 is 20.3 Å². The molecule has 2 heterocycles. The first-order valence-corrected chi connectivity index (χ1v) is 11.6. The van der Waals surface area contributed by atoms with Gasteiger partial charge in [-0.15, -0.1) is 0 Å². The van der Waals surface area contributed by atoms with Crippen LogP contribution >= 0.6 is 0 Å². The number of amides is 1. The number of ether oxygens (including phenoxy) is 1. The van der Waals surface area contributed by atoms with E-state index in [4.69, 9.17) is 4.74 Å². The number of carbonyl (C=O) groups excluding carboxylic acids is 1. The highest BCUT2D eigenvalue weighted by atomic mass is 32.2. The van der Waals surface area contributed by atoms with Gasteiger partial charge in [0.15, 0.2) is 0 Å². The van der Waals surface area contributed by atoms with Crippen LogP contribution in [0.5, 0.6) is 0 Å². The van der Waals surface area contributed by atoms with E-state index in [0.29, 0.717) is 43.2 Å². The molecule has 0 aliphatic carbocycles. The summed E-state index contributed by atoms with van der Waals surface area (Å²) in [6.07, 6.45) is 1.45. The third-order valence-electron chi connectivity index (χ3n) is 5.00. The number of aryl methyl sites for hydroxylation is 2. The lowest BCUT2D eigenvalue weighted by Crippen LogP contribution is -2.44. The van der Waals surface area contributed by atoms with Crippen LogP contribution in [0.4, 0.5) is 11.5 Å². The number of pyridine rings is 1. The quantitative estimate of drug-likeness (QED) is 0.523. The van der Waals surface area contributed by atoms with Gasteiger partial charge in [-0.3, -0.25) is 9.52 Å². The van der Waals surface area contributed by atoms with E-state index >= 15 is 0 Å². The number of methoxy groups -OCH3 is 1. The van der Waals surface area contributed by atoms with Crippen LogP contribution in [-0.4, -0.2) is 65.7 Å². The first-order valence-electron chi connectivity index (χ1n) is 10.1. The minimum Gasteiger partial charge on any atom is -0.383 e. The van der Waals surface area contributed by atoms with Crippen molar-refractivity contribution in [3.8, 4) is 0 Å². The molecule has 2 aromatic rings. The Labute approximate surface area is 183 Å². The normalized spacial score (nSPS) is 14.4. The molecule has 31 heavy (non-hydrogen) atoms. The Bertz CT molecular complexity index is 1040. The molecular formula is C21H29N5O4S. The maximum atomic E-state index is 13.0. The third-order valence-corrected chi connectivity index (χ3v) is 6.53. The van der Waals surface area contributed by atoms with Crippen molar-refractivity contribution in [1.29, 1.82) is 0 Å². The Balaban J connectivity index is 1.92. The van der Waals surface area contributed by atoms with Crippen LogP contribution < -0.4 is 20.3 Å². The number of benzene rings is 1. The molecule has 1 amide bonds. The third kappa shape index (κ3) is 5.72. The van der Waals surface area contributed by atoms with Gasteiger partial charge in [-0.25, -0.2) is 13.4 Å². The van der Waals surface area contributed by atoms with E-state index in [0.717, 1.165) is 18.7 Å². The summed E-state index contributed by atoms with van der Waals surface area (Å²) in [5.41, 5.74) is 2.04. The van der Waals surface area contributed by atoms with E-state index in [1.807, 2.05) is 17.9 Å². The van der Waals surface area contributed by atoms with Gasteiger partial charge in [-0.05, 0) is 37.1 Å². The lowest BCUT2D eigenvalue weighted by molar-refractivity contribution is 0.0937. The fourth-order valence-electron chi connectivity index (χ4n) is 3.38. The Hall–Kier alpha value is -2.69. The second kappa shape index (κ2) is 10.1. The van der Waals surface area contributed by atoms with Crippen molar-refractivity contribution in [2.45, 2.75) is 18.7 Å². The van der Waals surface area contributed by atoms with Crippen molar-refractivity contribution in [3.63, 3.8) is 0 Å². The molecule has 0 saturated carbocycles. The number of carbonyl (C=O) groups is 1. The Kier molecular flexibility index (Phi) is 7.47. The van der Waals surface area contributed by atoms with Crippen molar-refractivity contribution < 1.29 is 17.9 Å². The topological polar surface area (TPSA) is 113 Å². The van der Waals surface area contributed by atoms with E-state index in [9.17, 15) is 13.2 Å². The minimum atomic E-state index is -3.83. The first-order chi connectivity index (χ1) is 14.8. The van der Waals surface area contributed by atoms with Gasteiger partial charge in [0.05, 0.1) is 29.0 Å². The van der Waals surface area contributed by atoms with E-state index < -0.39 is 10.0 Å². The van der Waals surface area contributed by atoms with E-state index in [1.54, 1.807) is 26.2 Å². The molecule has 0 unspecified atom stereocenters. The predicted octanol–water partition coefficient (Wildman–Crippen LogP) is 1.29. The molecule has 1 aliphatic rings. The Morgan fingerprint density at radius 3 is 2.68 bits per heavy atom. The largest absolute Gasteiger partial charge is 0.383 e. The molecule has 168 valence electrons. The molecule has 1 aliphatic heterocycles. The van der Waals surface area contributed by atoms with Gasteiger partial charge in [0.1, 0.15) is 5.82 Å². The molecule has 1 fully saturated rings. The molecule has 3 rings (SSSR count). The number of nitrogens with zero attached hydrogens (tertiary/aromatic N) is 2. The second-order valence-corrected chi connectivity index (χ2v) is 9.11. The molecule has 0 spiro atoms. The van der Waals surface area contributed by atoms with Crippen LogP contribution in [0.3, 0.4) is 0 Å². The van der Waals surface area contributed by atoms with E-state index in [1.165, 1.54) is 12.3 Å². The number of aromatic nitrogens is 1. The number of sulfonamides is 1. The predicted molar refractivity (Wildman–Crippen MR) is 120 cm³/mol. The van der Waals surface area contributed by atoms with Crippen LogP contribution in [0.2, 0.25) is 0 Å². The molecule has 1 saturated heterocycles. The Morgan fingerprint density at radius 1 is 1.23 bits per heavy atom. The minimum absolute atomic E-state index is 0.199. The molecule has 1 aromatic carbocycles.